The van der Waals surface area contributed by atoms with Crippen LogP contribution in [0.15, 0.2) is 18.2 Å². The summed E-state index contributed by atoms with van der Waals surface area (Å²) in [6, 6.07) is 5.08. The highest BCUT2D eigenvalue weighted by Gasteiger charge is 2.23. The number of nitrogens with zero attached hydrogens (tertiary/aromatic N) is 1. The number of benzene rings is 1. The van der Waals surface area contributed by atoms with E-state index in [-0.39, 0.29) is 0 Å². The van der Waals surface area contributed by atoms with Gasteiger partial charge in [-0.05, 0) is 12.1 Å². The zero-order valence-electron chi connectivity index (χ0n) is 11.6. The average molecular weight is 291 g/mol. The fourth-order valence-electron chi connectivity index (χ4n) is 2.32. The predicted octanol–water partition coefficient (Wildman–Crippen LogP) is -0.172. The van der Waals surface area contributed by atoms with E-state index in [0.717, 1.165) is 0 Å². The second-order valence-corrected chi connectivity index (χ2v) is 4.85. The molecule has 0 atom stereocenters. The number of piperazine rings is 1. The summed E-state index contributed by atoms with van der Waals surface area (Å²) in [4.78, 5) is 25.6. The molecule has 1 aromatic carbocycles. The minimum atomic E-state index is -0.631. The number of carbonyl (C=O) groups excluding carboxylic acids is 2. The molecule has 112 valence electrons. The van der Waals surface area contributed by atoms with Gasteiger partial charge in [0.15, 0.2) is 11.5 Å². The largest absolute Gasteiger partial charge is 0.486 e. The van der Waals surface area contributed by atoms with Crippen LogP contribution in [-0.4, -0.2) is 56.1 Å². The summed E-state index contributed by atoms with van der Waals surface area (Å²) in [5, 5.41) is 5.74. The van der Waals surface area contributed by atoms with Crippen molar-refractivity contribution in [1.29, 1.82) is 0 Å². The van der Waals surface area contributed by atoms with Gasteiger partial charge in [-0.25, -0.2) is 0 Å². The molecule has 0 aliphatic carbocycles. The lowest BCUT2D eigenvalue weighted by atomic mass is 10.2. The summed E-state index contributed by atoms with van der Waals surface area (Å²) in [6.45, 7) is 3.51. The standard InChI is InChI=1S/C14H17N3O4/c18-13(14(19)17-5-3-15-4-6-17)16-10-1-2-11-12(9-10)21-8-7-20-11/h1-2,9,15H,3-8H2,(H,16,18). The molecule has 0 bridgehead atoms. The SMILES string of the molecule is O=C(Nc1ccc2c(c1)OCCO2)C(=O)N1CCNCC1. The van der Waals surface area contributed by atoms with Crippen molar-refractivity contribution in [2.24, 2.45) is 0 Å². The number of hydrogen-bond acceptors (Lipinski definition) is 5. The lowest BCUT2D eigenvalue weighted by Crippen LogP contribution is -2.49. The van der Waals surface area contributed by atoms with Gasteiger partial charge in [-0.1, -0.05) is 0 Å². The van der Waals surface area contributed by atoms with Crippen molar-refractivity contribution >= 4 is 17.5 Å². The van der Waals surface area contributed by atoms with E-state index in [1.54, 1.807) is 23.1 Å². The lowest BCUT2D eigenvalue weighted by Gasteiger charge is -2.26. The molecule has 0 unspecified atom stereocenters. The Hall–Kier alpha value is -2.28. The molecular weight excluding hydrogens is 274 g/mol. The van der Waals surface area contributed by atoms with Crippen LogP contribution in [0.5, 0.6) is 11.5 Å². The molecule has 2 aliphatic heterocycles. The van der Waals surface area contributed by atoms with Crippen molar-refractivity contribution in [3.05, 3.63) is 18.2 Å². The minimum Gasteiger partial charge on any atom is -0.486 e. The Balaban J connectivity index is 1.65. The Morgan fingerprint density at radius 1 is 1.10 bits per heavy atom. The Morgan fingerprint density at radius 3 is 2.57 bits per heavy atom. The van der Waals surface area contributed by atoms with Crippen LogP contribution in [0, 0.1) is 0 Å². The summed E-state index contributed by atoms with van der Waals surface area (Å²) in [5.74, 6) is 0.0846. The number of ether oxygens (including phenoxy) is 2. The van der Waals surface area contributed by atoms with E-state index in [2.05, 4.69) is 10.6 Å². The zero-order chi connectivity index (χ0) is 14.7. The monoisotopic (exact) mass is 291 g/mol. The molecule has 2 amide bonds. The number of amides is 2. The van der Waals surface area contributed by atoms with E-state index in [1.807, 2.05) is 0 Å². The molecule has 3 rings (SSSR count). The Labute approximate surface area is 122 Å². The zero-order valence-corrected chi connectivity index (χ0v) is 11.6. The van der Waals surface area contributed by atoms with Gasteiger partial charge in [-0.15, -0.1) is 0 Å². The maximum atomic E-state index is 12.0. The summed E-state index contributed by atoms with van der Waals surface area (Å²) in [5.41, 5.74) is 0.521. The highest BCUT2D eigenvalue weighted by Crippen LogP contribution is 2.32. The molecule has 0 aromatic heterocycles. The molecular formula is C14H17N3O4. The third-order valence-corrected chi connectivity index (χ3v) is 3.40. The van der Waals surface area contributed by atoms with Crippen molar-refractivity contribution in [2.45, 2.75) is 0 Å². The van der Waals surface area contributed by atoms with Crippen LogP contribution in [0.2, 0.25) is 0 Å². The van der Waals surface area contributed by atoms with E-state index in [1.165, 1.54) is 0 Å². The van der Waals surface area contributed by atoms with Crippen LogP contribution in [0.25, 0.3) is 0 Å². The van der Waals surface area contributed by atoms with Crippen LogP contribution < -0.4 is 20.1 Å². The van der Waals surface area contributed by atoms with Gasteiger partial charge in [0.1, 0.15) is 13.2 Å². The molecule has 1 aromatic rings. The van der Waals surface area contributed by atoms with Crippen molar-refractivity contribution in [3.63, 3.8) is 0 Å². The molecule has 2 aliphatic rings. The molecule has 7 nitrogen and oxygen atoms in total. The first-order valence-corrected chi connectivity index (χ1v) is 6.95. The molecule has 1 fully saturated rings. The number of anilines is 1. The summed E-state index contributed by atoms with van der Waals surface area (Å²) >= 11 is 0. The number of carbonyl (C=O) groups is 2. The highest BCUT2D eigenvalue weighted by atomic mass is 16.6. The number of rotatable bonds is 1. The lowest BCUT2D eigenvalue weighted by molar-refractivity contribution is -0.143. The summed E-state index contributed by atoms with van der Waals surface area (Å²) < 4.78 is 10.8. The second kappa shape index (κ2) is 6.01. The summed E-state index contributed by atoms with van der Waals surface area (Å²) in [7, 11) is 0. The van der Waals surface area contributed by atoms with Crippen LogP contribution >= 0.6 is 0 Å². The maximum absolute atomic E-state index is 12.0. The number of hydrogen-bond donors (Lipinski definition) is 2. The fraction of sp³-hybridized carbons (Fsp3) is 0.429. The van der Waals surface area contributed by atoms with Gasteiger partial charge >= 0.3 is 11.8 Å². The molecule has 0 radical (unpaired) electrons. The van der Waals surface area contributed by atoms with Crippen molar-refractivity contribution in [1.82, 2.24) is 10.2 Å². The van der Waals surface area contributed by atoms with Crippen LogP contribution in [-0.2, 0) is 9.59 Å². The maximum Gasteiger partial charge on any atom is 0.313 e. The third kappa shape index (κ3) is 3.08. The molecule has 21 heavy (non-hydrogen) atoms. The van der Waals surface area contributed by atoms with Gasteiger partial charge in [0, 0.05) is 37.9 Å². The van der Waals surface area contributed by atoms with E-state index >= 15 is 0 Å². The van der Waals surface area contributed by atoms with E-state index in [4.69, 9.17) is 9.47 Å². The van der Waals surface area contributed by atoms with Gasteiger partial charge in [0.2, 0.25) is 0 Å². The molecule has 0 saturated carbocycles. The van der Waals surface area contributed by atoms with Crippen molar-refractivity contribution in [3.8, 4) is 11.5 Å². The average Bonchev–Trinajstić information content (AvgIpc) is 2.55. The number of nitrogens with one attached hydrogen (secondary N) is 2. The van der Waals surface area contributed by atoms with E-state index in [9.17, 15) is 9.59 Å². The first-order chi connectivity index (χ1) is 10.2. The van der Waals surface area contributed by atoms with Gasteiger partial charge in [0.25, 0.3) is 0 Å². The molecule has 1 saturated heterocycles. The van der Waals surface area contributed by atoms with Crippen LogP contribution in [0.1, 0.15) is 0 Å². The second-order valence-electron chi connectivity index (χ2n) is 4.85. The smallest absolute Gasteiger partial charge is 0.313 e. The molecule has 0 spiro atoms. The van der Waals surface area contributed by atoms with Crippen molar-refractivity contribution in [2.75, 3.05) is 44.7 Å². The van der Waals surface area contributed by atoms with Crippen molar-refractivity contribution < 1.29 is 19.1 Å². The first-order valence-electron chi connectivity index (χ1n) is 6.95. The molecule has 7 heteroatoms. The van der Waals surface area contributed by atoms with Gasteiger partial charge in [0.05, 0.1) is 0 Å². The Bertz CT molecular complexity index is 555. The number of fused-ring (bicyclic) bond motifs is 1. The highest BCUT2D eigenvalue weighted by molar-refractivity contribution is 6.39. The molecule has 2 heterocycles. The van der Waals surface area contributed by atoms with Gasteiger partial charge < -0.3 is 25.0 Å². The van der Waals surface area contributed by atoms with Gasteiger partial charge in [-0.3, -0.25) is 9.59 Å². The van der Waals surface area contributed by atoms with Crippen LogP contribution in [0.4, 0.5) is 5.69 Å². The van der Waals surface area contributed by atoms with E-state index < -0.39 is 11.8 Å². The topological polar surface area (TPSA) is 79.9 Å². The molecule has 2 N–H and O–H groups in total. The van der Waals surface area contributed by atoms with Crippen LogP contribution in [0.3, 0.4) is 0 Å². The summed E-state index contributed by atoms with van der Waals surface area (Å²) in [6.07, 6.45) is 0. The normalized spacial score (nSPS) is 17.2. The Kier molecular flexibility index (Phi) is 3.92. The third-order valence-electron chi connectivity index (χ3n) is 3.40. The van der Waals surface area contributed by atoms with Gasteiger partial charge in [-0.2, -0.15) is 0 Å². The first kappa shape index (κ1) is 13.7. The Morgan fingerprint density at radius 2 is 1.81 bits per heavy atom. The fourth-order valence-corrected chi connectivity index (χ4v) is 2.32. The predicted molar refractivity (Wildman–Crippen MR) is 75.5 cm³/mol. The minimum absolute atomic E-state index is 0.476. The van der Waals surface area contributed by atoms with E-state index in [0.29, 0.717) is 56.6 Å². The quantitative estimate of drug-likeness (QED) is 0.702.